The minimum absolute atomic E-state index is 0.268. The second-order valence-electron chi connectivity index (χ2n) is 3.15. The van der Waals surface area contributed by atoms with E-state index in [1.165, 1.54) is 12.1 Å². The third-order valence-corrected chi connectivity index (χ3v) is 2.14. The molecule has 0 bridgehead atoms. The number of nitrogens with two attached hydrogens (primary N) is 1. The van der Waals surface area contributed by atoms with Gasteiger partial charge in [0.1, 0.15) is 5.82 Å². The Morgan fingerprint density at radius 2 is 2.08 bits per heavy atom. The van der Waals surface area contributed by atoms with Gasteiger partial charge in [-0.25, -0.2) is 4.39 Å². The van der Waals surface area contributed by atoms with Crippen molar-refractivity contribution in [1.29, 1.82) is 0 Å². The molecule has 1 aromatic carbocycles. The molecule has 0 radical (unpaired) electrons. The van der Waals surface area contributed by atoms with E-state index in [-0.39, 0.29) is 11.9 Å². The van der Waals surface area contributed by atoms with Crippen molar-refractivity contribution in [1.82, 2.24) is 0 Å². The molecule has 0 unspecified atom stereocenters. The molecule has 3 N–H and O–H groups in total. The third-order valence-electron chi connectivity index (χ3n) is 1.52. The Balaban J connectivity index is 3.06. The van der Waals surface area contributed by atoms with Crippen molar-refractivity contribution in [3.8, 4) is 0 Å². The second kappa shape index (κ2) is 3.96. The van der Waals surface area contributed by atoms with Gasteiger partial charge in [0.2, 0.25) is 0 Å². The molecule has 0 saturated heterocycles. The number of rotatable bonds is 2. The number of anilines is 2. The standard InChI is InChI=1S/C9H12BrFN2/c1-5(2)13-9-7(10)3-6(11)4-8(9)12/h3-5,13H,12H2,1-2H3. The average molecular weight is 247 g/mol. The minimum atomic E-state index is -0.335. The van der Waals surface area contributed by atoms with Crippen LogP contribution >= 0.6 is 15.9 Å². The molecule has 0 aliphatic rings. The number of nitrogen functional groups attached to an aromatic ring is 1. The molecule has 1 aromatic rings. The number of nitrogens with one attached hydrogen (secondary N) is 1. The summed E-state index contributed by atoms with van der Waals surface area (Å²) in [6.07, 6.45) is 0. The topological polar surface area (TPSA) is 38.0 Å². The van der Waals surface area contributed by atoms with E-state index in [0.29, 0.717) is 10.2 Å². The van der Waals surface area contributed by atoms with Crippen LogP contribution in [0.25, 0.3) is 0 Å². The van der Waals surface area contributed by atoms with Crippen LogP contribution in [0.15, 0.2) is 16.6 Å². The van der Waals surface area contributed by atoms with Gasteiger partial charge in [-0.05, 0) is 41.9 Å². The molecule has 0 heterocycles. The van der Waals surface area contributed by atoms with Gasteiger partial charge in [0.15, 0.2) is 0 Å². The summed E-state index contributed by atoms with van der Waals surface area (Å²) in [6, 6.07) is 2.96. The van der Waals surface area contributed by atoms with Gasteiger partial charge in [-0.1, -0.05) is 0 Å². The fraction of sp³-hybridized carbons (Fsp3) is 0.333. The first-order valence-corrected chi connectivity index (χ1v) is 4.81. The highest BCUT2D eigenvalue weighted by molar-refractivity contribution is 9.10. The van der Waals surface area contributed by atoms with Crippen molar-refractivity contribution in [3.05, 3.63) is 22.4 Å². The van der Waals surface area contributed by atoms with Gasteiger partial charge in [-0.2, -0.15) is 0 Å². The molecule has 2 nitrogen and oxygen atoms in total. The van der Waals surface area contributed by atoms with Gasteiger partial charge in [0, 0.05) is 10.5 Å². The average Bonchev–Trinajstić information content (AvgIpc) is 1.96. The number of hydrogen-bond acceptors (Lipinski definition) is 2. The maximum Gasteiger partial charge on any atom is 0.126 e. The van der Waals surface area contributed by atoms with Crippen LogP contribution in [0, 0.1) is 5.82 Å². The molecule has 4 heteroatoms. The molecule has 13 heavy (non-hydrogen) atoms. The molecule has 1 rings (SSSR count). The molecule has 0 fully saturated rings. The molecule has 0 aromatic heterocycles. The molecular weight excluding hydrogens is 235 g/mol. The van der Waals surface area contributed by atoms with E-state index < -0.39 is 0 Å². The maximum absolute atomic E-state index is 12.8. The summed E-state index contributed by atoms with van der Waals surface area (Å²) in [5, 5.41) is 3.13. The fourth-order valence-electron chi connectivity index (χ4n) is 1.03. The monoisotopic (exact) mass is 246 g/mol. The lowest BCUT2D eigenvalue weighted by molar-refractivity contribution is 0.627. The van der Waals surface area contributed by atoms with Crippen molar-refractivity contribution in [2.75, 3.05) is 11.1 Å². The van der Waals surface area contributed by atoms with E-state index in [2.05, 4.69) is 21.2 Å². The van der Waals surface area contributed by atoms with Crippen LogP contribution in [0.5, 0.6) is 0 Å². The van der Waals surface area contributed by atoms with Crippen molar-refractivity contribution in [2.45, 2.75) is 19.9 Å². The zero-order chi connectivity index (χ0) is 10.0. The van der Waals surface area contributed by atoms with Crippen molar-refractivity contribution in [3.63, 3.8) is 0 Å². The summed E-state index contributed by atoms with van der Waals surface area (Å²) in [4.78, 5) is 0. The van der Waals surface area contributed by atoms with Gasteiger partial charge >= 0.3 is 0 Å². The first kappa shape index (κ1) is 10.3. The van der Waals surface area contributed by atoms with E-state index in [1.54, 1.807) is 0 Å². The van der Waals surface area contributed by atoms with E-state index in [4.69, 9.17) is 5.73 Å². The van der Waals surface area contributed by atoms with Crippen molar-refractivity contribution < 1.29 is 4.39 Å². The molecule has 0 saturated carbocycles. The lowest BCUT2D eigenvalue weighted by Gasteiger charge is -2.14. The van der Waals surface area contributed by atoms with Crippen LogP contribution in [0.2, 0.25) is 0 Å². The highest BCUT2D eigenvalue weighted by Crippen LogP contribution is 2.30. The minimum Gasteiger partial charge on any atom is -0.397 e. The normalized spacial score (nSPS) is 10.5. The van der Waals surface area contributed by atoms with Crippen LogP contribution < -0.4 is 11.1 Å². The predicted octanol–water partition coefficient (Wildman–Crippen LogP) is 2.99. The fourth-order valence-corrected chi connectivity index (χ4v) is 1.60. The Morgan fingerprint density at radius 1 is 1.46 bits per heavy atom. The first-order valence-electron chi connectivity index (χ1n) is 4.01. The molecule has 0 spiro atoms. The lowest BCUT2D eigenvalue weighted by Crippen LogP contribution is -2.12. The number of halogens is 2. The largest absolute Gasteiger partial charge is 0.397 e. The van der Waals surface area contributed by atoms with Gasteiger partial charge in [0.25, 0.3) is 0 Å². The van der Waals surface area contributed by atoms with Crippen molar-refractivity contribution in [2.24, 2.45) is 0 Å². The highest BCUT2D eigenvalue weighted by atomic mass is 79.9. The van der Waals surface area contributed by atoms with Gasteiger partial charge in [0.05, 0.1) is 11.4 Å². The van der Waals surface area contributed by atoms with Crippen LogP contribution in [-0.2, 0) is 0 Å². The Bertz CT molecular complexity index is 289. The summed E-state index contributed by atoms with van der Waals surface area (Å²) in [5.41, 5.74) is 6.80. The zero-order valence-corrected chi connectivity index (χ0v) is 9.15. The molecular formula is C9H12BrFN2. The van der Waals surface area contributed by atoms with Gasteiger partial charge < -0.3 is 11.1 Å². The summed E-state index contributed by atoms with van der Waals surface area (Å²) in [6.45, 7) is 3.99. The van der Waals surface area contributed by atoms with Crippen LogP contribution in [0.3, 0.4) is 0 Å². The lowest BCUT2D eigenvalue weighted by atomic mass is 10.2. The SMILES string of the molecule is CC(C)Nc1c(N)cc(F)cc1Br. The van der Waals surface area contributed by atoms with E-state index >= 15 is 0 Å². The van der Waals surface area contributed by atoms with Gasteiger partial charge in [-0.15, -0.1) is 0 Å². The number of hydrogen-bond donors (Lipinski definition) is 2. The van der Waals surface area contributed by atoms with E-state index in [9.17, 15) is 4.39 Å². The zero-order valence-electron chi connectivity index (χ0n) is 7.57. The Hall–Kier alpha value is -0.770. The van der Waals surface area contributed by atoms with Crippen LogP contribution in [0.4, 0.5) is 15.8 Å². The second-order valence-corrected chi connectivity index (χ2v) is 4.01. The molecule has 0 aliphatic carbocycles. The number of benzene rings is 1. The first-order chi connectivity index (χ1) is 6.00. The van der Waals surface area contributed by atoms with E-state index in [1.807, 2.05) is 13.8 Å². The Morgan fingerprint density at radius 3 is 2.54 bits per heavy atom. The summed E-state index contributed by atoms with van der Waals surface area (Å²) >= 11 is 3.24. The predicted molar refractivity (Wildman–Crippen MR) is 57.3 cm³/mol. The van der Waals surface area contributed by atoms with Gasteiger partial charge in [-0.3, -0.25) is 0 Å². The highest BCUT2D eigenvalue weighted by Gasteiger charge is 2.07. The van der Waals surface area contributed by atoms with Crippen LogP contribution in [0.1, 0.15) is 13.8 Å². The van der Waals surface area contributed by atoms with Crippen LogP contribution in [-0.4, -0.2) is 6.04 Å². The quantitative estimate of drug-likeness (QED) is 0.788. The molecule has 0 amide bonds. The maximum atomic E-state index is 12.8. The smallest absolute Gasteiger partial charge is 0.126 e. The summed E-state index contributed by atoms with van der Waals surface area (Å²) in [5.74, 6) is -0.335. The molecule has 72 valence electrons. The Labute approximate surface area is 85.4 Å². The summed E-state index contributed by atoms with van der Waals surface area (Å²) < 4.78 is 13.5. The third kappa shape index (κ3) is 2.59. The summed E-state index contributed by atoms with van der Waals surface area (Å²) in [7, 11) is 0. The van der Waals surface area contributed by atoms with E-state index in [0.717, 1.165) is 5.69 Å². The molecule has 0 atom stereocenters. The Kier molecular flexibility index (Phi) is 3.14. The molecule has 0 aliphatic heterocycles. The van der Waals surface area contributed by atoms with Crippen molar-refractivity contribution >= 4 is 27.3 Å².